The number of amides is 2. The summed E-state index contributed by atoms with van der Waals surface area (Å²) in [5.74, 6) is -1.26. The summed E-state index contributed by atoms with van der Waals surface area (Å²) < 4.78 is 13.4. The van der Waals surface area contributed by atoms with Crippen LogP contribution in [0.1, 0.15) is 51.7 Å². The molecule has 0 radical (unpaired) electrons. The Bertz CT molecular complexity index is 1420. The maximum Gasteiger partial charge on any atom is 0.242 e. The smallest absolute Gasteiger partial charge is 0.242 e. The zero-order valence-electron chi connectivity index (χ0n) is 27.4. The van der Waals surface area contributed by atoms with Crippen LogP contribution in [0, 0.1) is 11.3 Å². The van der Waals surface area contributed by atoms with Gasteiger partial charge in [0.2, 0.25) is 11.8 Å². The number of hydrogen-bond donors (Lipinski definition) is 3. The quantitative estimate of drug-likeness (QED) is 0.151. The van der Waals surface area contributed by atoms with Gasteiger partial charge in [-0.1, -0.05) is 74.5 Å². The monoisotopic (exact) mass is 632 g/mol. The number of imidazole rings is 1. The summed E-state index contributed by atoms with van der Waals surface area (Å²) in [6.07, 6.45) is 4.94. The minimum atomic E-state index is -1.14. The van der Waals surface area contributed by atoms with Crippen LogP contribution in [0.4, 0.5) is 5.82 Å². The minimum Gasteiger partial charge on any atom is -0.376 e. The van der Waals surface area contributed by atoms with Crippen molar-refractivity contribution in [3.05, 3.63) is 84.3 Å². The van der Waals surface area contributed by atoms with Crippen molar-refractivity contribution >= 4 is 23.4 Å². The van der Waals surface area contributed by atoms with Crippen LogP contribution in [0.5, 0.6) is 0 Å². The second-order valence-electron chi connectivity index (χ2n) is 13.1. The first-order chi connectivity index (χ1) is 21.9. The Morgan fingerprint density at radius 3 is 2.35 bits per heavy atom. The van der Waals surface area contributed by atoms with Gasteiger partial charge < -0.3 is 30.0 Å². The van der Waals surface area contributed by atoms with Gasteiger partial charge in [0, 0.05) is 24.7 Å². The molecule has 248 valence electrons. The number of nitrogens with two attached hydrogens (primary N) is 1. The van der Waals surface area contributed by atoms with Gasteiger partial charge in [0.1, 0.15) is 6.54 Å². The van der Waals surface area contributed by atoms with E-state index >= 15 is 0 Å². The second-order valence-corrected chi connectivity index (χ2v) is 13.1. The Hall–Kier alpha value is -3.90. The van der Waals surface area contributed by atoms with Crippen LogP contribution in [-0.4, -0.2) is 70.1 Å². The Kier molecular flexibility index (Phi) is 12.2. The van der Waals surface area contributed by atoms with Gasteiger partial charge in [-0.3, -0.25) is 19.7 Å². The van der Waals surface area contributed by atoms with Crippen LogP contribution in [0.15, 0.2) is 73.2 Å². The average molecular weight is 633 g/mol. The van der Waals surface area contributed by atoms with E-state index in [1.54, 1.807) is 38.5 Å². The highest BCUT2D eigenvalue weighted by molar-refractivity contribution is 6.00. The molecule has 11 heteroatoms. The van der Waals surface area contributed by atoms with E-state index in [2.05, 4.69) is 27.8 Å². The molecule has 1 fully saturated rings. The highest BCUT2D eigenvalue weighted by atomic mass is 16.5. The highest BCUT2D eigenvalue weighted by Gasteiger charge is 2.46. The molecule has 11 nitrogen and oxygen atoms in total. The second kappa shape index (κ2) is 16.1. The number of anilines is 1. The molecule has 2 heterocycles. The number of carbonyl (C=O) groups is 3. The van der Waals surface area contributed by atoms with Gasteiger partial charge >= 0.3 is 0 Å². The number of aromatic nitrogens is 2. The third kappa shape index (κ3) is 9.80. The highest BCUT2D eigenvalue weighted by Crippen LogP contribution is 2.33. The molecule has 1 saturated heterocycles. The average Bonchev–Trinajstić information content (AvgIpc) is 3.68. The summed E-state index contributed by atoms with van der Waals surface area (Å²) in [5, 5.41) is 6.10. The molecule has 0 bridgehead atoms. The first kappa shape index (κ1) is 35.0. The molecule has 2 amide bonds. The van der Waals surface area contributed by atoms with Gasteiger partial charge in [-0.25, -0.2) is 4.98 Å². The molecule has 46 heavy (non-hydrogen) atoms. The SMILES string of the molecule is CC(C)(N)C(=O)C(C)(C)[C@H](COCc1ccccc1)C(=O)Nc1cn(CC(=O)N2CCC[C@H]2COCNCc2ccccc2)cn1. The number of ketones is 1. The zero-order chi connectivity index (χ0) is 33.2. The first-order valence-corrected chi connectivity index (χ1v) is 15.8. The molecule has 1 aliphatic heterocycles. The molecule has 0 spiro atoms. The third-order valence-corrected chi connectivity index (χ3v) is 8.34. The van der Waals surface area contributed by atoms with Crippen LogP contribution in [0.2, 0.25) is 0 Å². The van der Waals surface area contributed by atoms with Crippen LogP contribution >= 0.6 is 0 Å². The number of Topliss-reactive ketones (excluding diaryl/α,β-unsaturated/α-hetero) is 1. The number of benzene rings is 2. The van der Waals surface area contributed by atoms with Crippen LogP contribution < -0.4 is 16.4 Å². The molecule has 2 aromatic carbocycles. The topological polar surface area (TPSA) is 141 Å². The largest absolute Gasteiger partial charge is 0.376 e. The molecule has 0 unspecified atom stereocenters. The summed E-state index contributed by atoms with van der Waals surface area (Å²) in [7, 11) is 0. The van der Waals surface area contributed by atoms with Crippen molar-refractivity contribution in [2.24, 2.45) is 17.1 Å². The molecule has 0 saturated carbocycles. The van der Waals surface area contributed by atoms with E-state index in [4.69, 9.17) is 15.2 Å². The Morgan fingerprint density at radius 1 is 1.00 bits per heavy atom. The number of nitrogens with zero attached hydrogens (tertiary/aromatic N) is 3. The standard InChI is InChI=1S/C35H48N6O5/c1-34(2,33(44)35(3,4)36)29(23-45-21-27-14-9-6-10-15-27)32(43)39-30-19-40(24-38-30)20-31(42)41-17-11-16-28(41)22-46-25-37-18-26-12-7-5-8-13-26/h5-10,12-15,19,24,28-29,37H,11,16-18,20-23,25,36H2,1-4H3,(H,39,43)/t28-,29+/m0/s1. The van der Waals surface area contributed by atoms with Crippen molar-refractivity contribution in [1.29, 1.82) is 0 Å². The van der Waals surface area contributed by atoms with E-state index in [1.165, 1.54) is 11.9 Å². The van der Waals surface area contributed by atoms with Gasteiger partial charge in [0.15, 0.2) is 11.6 Å². The number of likely N-dealkylation sites (tertiary alicyclic amines) is 1. The zero-order valence-corrected chi connectivity index (χ0v) is 27.4. The minimum absolute atomic E-state index is 0.00887. The molecular weight excluding hydrogens is 584 g/mol. The van der Waals surface area contributed by atoms with Crippen LogP contribution in [0.3, 0.4) is 0 Å². The molecule has 3 aromatic rings. The van der Waals surface area contributed by atoms with Crippen LogP contribution in [0.25, 0.3) is 0 Å². The molecular formula is C35H48N6O5. The lowest BCUT2D eigenvalue weighted by atomic mass is 9.70. The van der Waals surface area contributed by atoms with E-state index < -0.39 is 22.8 Å². The van der Waals surface area contributed by atoms with Gasteiger partial charge in [-0.2, -0.15) is 0 Å². The normalized spacial score (nSPS) is 15.9. The Balaban J connectivity index is 1.31. The number of hydrogen-bond acceptors (Lipinski definition) is 8. The summed E-state index contributed by atoms with van der Waals surface area (Å²) in [6.45, 7) is 9.34. The fourth-order valence-electron chi connectivity index (χ4n) is 5.84. The molecule has 2 atom stereocenters. The third-order valence-electron chi connectivity index (χ3n) is 8.34. The number of ether oxygens (including phenoxy) is 2. The number of rotatable bonds is 17. The lowest BCUT2D eigenvalue weighted by Gasteiger charge is -2.36. The van der Waals surface area contributed by atoms with Crippen molar-refractivity contribution in [1.82, 2.24) is 19.8 Å². The van der Waals surface area contributed by atoms with E-state index in [0.717, 1.165) is 18.4 Å². The molecule has 0 aliphatic carbocycles. The number of nitrogens with one attached hydrogen (secondary N) is 2. The molecule has 1 aromatic heterocycles. The van der Waals surface area contributed by atoms with E-state index in [-0.39, 0.29) is 36.7 Å². The van der Waals surface area contributed by atoms with Crippen LogP contribution in [-0.2, 0) is 43.6 Å². The summed E-state index contributed by atoms with van der Waals surface area (Å²) in [4.78, 5) is 46.3. The van der Waals surface area contributed by atoms with Crippen molar-refractivity contribution in [3.63, 3.8) is 0 Å². The maximum atomic E-state index is 13.6. The molecule has 4 N–H and O–H groups in total. The van der Waals surface area contributed by atoms with Gasteiger partial charge in [0.25, 0.3) is 0 Å². The van der Waals surface area contributed by atoms with Gasteiger partial charge in [-0.15, -0.1) is 0 Å². The summed E-state index contributed by atoms with van der Waals surface area (Å²) >= 11 is 0. The van der Waals surface area contributed by atoms with Gasteiger partial charge in [-0.05, 0) is 37.8 Å². The number of carbonyl (C=O) groups excluding carboxylic acids is 3. The molecule has 1 aliphatic rings. The maximum absolute atomic E-state index is 13.6. The summed E-state index contributed by atoms with van der Waals surface area (Å²) in [5.41, 5.74) is 6.04. The molecule has 4 rings (SSSR count). The van der Waals surface area contributed by atoms with E-state index in [9.17, 15) is 14.4 Å². The first-order valence-electron chi connectivity index (χ1n) is 15.8. The summed E-state index contributed by atoms with van der Waals surface area (Å²) in [6, 6.07) is 19.7. The van der Waals surface area contributed by atoms with Gasteiger partial charge in [0.05, 0.1) is 50.4 Å². The fourth-order valence-corrected chi connectivity index (χ4v) is 5.84. The Morgan fingerprint density at radius 2 is 1.67 bits per heavy atom. The lowest BCUT2D eigenvalue weighted by molar-refractivity contribution is -0.142. The lowest BCUT2D eigenvalue weighted by Crippen LogP contribution is -2.54. The Labute approximate surface area is 271 Å². The predicted octanol–water partition coefficient (Wildman–Crippen LogP) is 3.74. The fraction of sp³-hybridized carbons (Fsp3) is 0.486. The van der Waals surface area contributed by atoms with Crippen molar-refractivity contribution in [2.45, 2.75) is 71.8 Å². The van der Waals surface area contributed by atoms with Crippen molar-refractivity contribution < 1.29 is 23.9 Å². The van der Waals surface area contributed by atoms with E-state index in [0.29, 0.717) is 33.0 Å². The van der Waals surface area contributed by atoms with Crippen molar-refractivity contribution in [2.75, 3.05) is 31.8 Å². The predicted molar refractivity (Wildman–Crippen MR) is 176 cm³/mol. The van der Waals surface area contributed by atoms with E-state index in [1.807, 2.05) is 53.4 Å². The van der Waals surface area contributed by atoms with Crippen molar-refractivity contribution in [3.8, 4) is 0 Å².